The predicted octanol–water partition coefficient (Wildman–Crippen LogP) is 5.55. The summed E-state index contributed by atoms with van der Waals surface area (Å²) < 4.78 is 0. The van der Waals surface area contributed by atoms with Crippen molar-refractivity contribution >= 4 is 33.4 Å². The minimum atomic E-state index is -0.213. The number of nitrogens with zero attached hydrogens (tertiary/aromatic N) is 1. The van der Waals surface area contributed by atoms with E-state index in [1.807, 2.05) is 12.1 Å². The minimum absolute atomic E-state index is 0.192. The highest BCUT2D eigenvalue weighted by molar-refractivity contribution is 6.26. The summed E-state index contributed by atoms with van der Waals surface area (Å²) in [7, 11) is 1.57. The van der Waals surface area contributed by atoms with Crippen LogP contribution in [0.15, 0.2) is 60.7 Å². The van der Waals surface area contributed by atoms with Crippen molar-refractivity contribution in [3.8, 4) is 0 Å². The third-order valence-corrected chi connectivity index (χ3v) is 8.22. The number of fused-ring (bicyclic) bond motifs is 6. The number of carbonyl (C=O) groups is 2. The molecule has 31 heavy (non-hydrogen) atoms. The lowest BCUT2D eigenvalue weighted by Crippen LogP contribution is -2.44. The van der Waals surface area contributed by atoms with Crippen LogP contribution >= 0.6 is 0 Å². The van der Waals surface area contributed by atoms with Gasteiger partial charge >= 0.3 is 0 Å². The van der Waals surface area contributed by atoms with Crippen molar-refractivity contribution in [2.24, 2.45) is 0 Å². The first kappa shape index (κ1) is 17.2. The molecule has 0 aromatic heterocycles. The quantitative estimate of drug-likeness (QED) is 0.361. The highest BCUT2D eigenvalue weighted by Gasteiger charge is 2.51. The maximum Gasteiger partial charge on any atom is 0.261 e. The zero-order valence-electron chi connectivity index (χ0n) is 17.7. The molecule has 0 fully saturated rings. The number of hydrogen-bond acceptors (Lipinski definition) is 2. The van der Waals surface area contributed by atoms with Crippen molar-refractivity contribution in [2.45, 2.75) is 31.1 Å². The first-order chi connectivity index (χ1) is 14.9. The van der Waals surface area contributed by atoms with E-state index >= 15 is 0 Å². The fourth-order valence-corrected chi connectivity index (χ4v) is 6.86. The monoisotopic (exact) mass is 403 g/mol. The molecule has 3 nitrogen and oxygen atoms in total. The summed E-state index contributed by atoms with van der Waals surface area (Å²) in [4.78, 5) is 27.3. The lowest BCUT2D eigenvalue weighted by molar-refractivity contribution is 0.0650. The molecule has 0 N–H and O–H groups in total. The van der Waals surface area contributed by atoms with Crippen molar-refractivity contribution < 1.29 is 9.59 Å². The molecule has 0 saturated carbocycles. The molecular weight excluding hydrogens is 382 g/mol. The molecule has 4 aromatic rings. The maximum absolute atomic E-state index is 13.0. The van der Waals surface area contributed by atoms with Crippen LogP contribution in [-0.4, -0.2) is 23.8 Å². The third kappa shape index (κ3) is 1.71. The molecule has 3 heteroatoms. The Morgan fingerprint density at radius 3 is 1.65 bits per heavy atom. The number of rotatable bonds is 0. The topological polar surface area (TPSA) is 37.4 Å². The summed E-state index contributed by atoms with van der Waals surface area (Å²) in [6, 6.07) is 21.4. The van der Waals surface area contributed by atoms with E-state index in [2.05, 4.69) is 62.4 Å². The van der Waals surface area contributed by atoms with Crippen LogP contribution in [0.3, 0.4) is 0 Å². The lowest BCUT2D eigenvalue weighted by atomic mass is 9.51. The van der Waals surface area contributed by atoms with E-state index < -0.39 is 0 Å². The Bertz CT molecular complexity index is 1440. The van der Waals surface area contributed by atoms with Gasteiger partial charge in [-0.15, -0.1) is 0 Å². The van der Waals surface area contributed by atoms with Gasteiger partial charge in [0.25, 0.3) is 11.8 Å². The standard InChI is InChI=1S/C28H21NO2/c1-27-14-28(2,19-9-5-7-15-6-4-8-18(27)22(15)19)21-13-11-17-23-16(10-12-20(27)24(21)23)25(30)29(3)26(17)31/h4-13H,14H2,1-3H3. The summed E-state index contributed by atoms with van der Waals surface area (Å²) in [5.41, 5.74) is 6.03. The smallest absolute Gasteiger partial charge is 0.261 e. The van der Waals surface area contributed by atoms with Crippen LogP contribution in [0, 0.1) is 0 Å². The summed E-state index contributed by atoms with van der Waals surface area (Å²) >= 11 is 0. The van der Waals surface area contributed by atoms with Crippen LogP contribution in [0.4, 0.5) is 0 Å². The van der Waals surface area contributed by atoms with Crippen molar-refractivity contribution in [3.63, 3.8) is 0 Å². The number of imide groups is 1. The molecule has 7 rings (SSSR count). The van der Waals surface area contributed by atoms with Crippen LogP contribution in [0.2, 0.25) is 0 Å². The van der Waals surface area contributed by atoms with Crippen molar-refractivity contribution in [3.05, 3.63) is 94.0 Å². The SMILES string of the molecule is CN1C(=O)c2ccc3c4c(ccc(c24)C1=O)C1(C)CC3(C)c2cccc3cccc1c23. The third-order valence-electron chi connectivity index (χ3n) is 8.22. The Hall–Kier alpha value is -3.46. The fourth-order valence-electron chi connectivity index (χ4n) is 6.86. The van der Waals surface area contributed by atoms with E-state index in [-0.39, 0.29) is 22.6 Å². The summed E-state index contributed by atoms with van der Waals surface area (Å²) in [5, 5.41) is 4.57. The summed E-state index contributed by atoms with van der Waals surface area (Å²) in [5.74, 6) is -0.426. The zero-order valence-corrected chi connectivity index (χ0v) is 17.7. The number of carbonyl (C=O) groups excluding carboxylic acids is 2. The Balaban J connectivity index is 1.73. The van der Waals surface area contributed by atoms with Gasteiger partial charge in [0.1, 0.15) is 0 Å². The van der Waals surface area contributed by atoms with Gasteiger partial charge in [0.2, 0.25) is 0 Å². The molecule has 150 valence electrons. The van der Waals surface area contributed by atoms with Gasteiger partial charge in [0, 0.05) is 34.4 Å². The molecule has 2 unspecified atom stereocenters. The molecule has 2 amide bonds. The number of amides is 2. The second kappa shape index (κ2) is 5.05. The van der Waals surface area contributed by atoms with Gasteiger partial charge in [-0.3, -0.25) is 14.5 Å². The predicted molar refractivity (Wildman–Crippen MR) is 122 cm³/mol. The van der Waals surface area contributed by atoms with Gasteiger partial charge in [-0.1, -0.05) is 62.4 Å². The van der Waals surface area contributed by atoms with Crippen LogP contribution in [0.1, 0.15) is 63.2 Å². The maximum atomic E-state index is 13.0. The van der Waals surface area contributed by atoms with Gasteiger partial charge in [-0.05, 0) is 57.0 Å². The second-order valence-electron chi connectivity index (χ2n) is 9.79. The Labute approximate surface area is 180 Å². The molecule has 2 bridgehead atoms. The van der Waals surface area contributed by atoms with E-state index in [0.29, 0.717) is 11.1 Å². The van der Waals surface area contributed by atoms with Crippen LogP contribution in [-0.2, 0) is 10.8 Å². The van der Waals surface area contributed by atoms with Gasteiger partial charge in [-0.25, -0.2) is 0 Å². The van der Waals surface area contributed by atoms with E-state index in [4.69, 9.17) is 0 Å². The van der Waals surface area contributed by atoms with Crippen LogP contribution in [0.5, 0.6) is 0 Å². The van der Waals surface area contributed by atoms with E-state index in [1.54, 1.807) is 7.05 Å². The van der Waals surface area contributed by atoms with E-state index in [9.17, 15) is 9.59 Å². The molecule has 3 aliphatic rings. The highest BCUT2D eigenvalue weighted by atomic mass is 16.2. The molecule has 1 heterocycles. The van der Waals surface area contributed by atoms with Crippen molar-refractivity contribution in [1.29, 1.82) is 0 Å². The molecule has 0 saturated heterocycles. The van der Waals surface area contributed by atoms with Gasteiger partial charge < -0.3 is 0 Å². The lowest BCUT2D eigenvalue weighted by Gasteiger charge is -2.51. The van der Waals surface area contributed by atoms with Crippen molar-refractivity contribution in [1.82, 2.24) is 4.90 Å². The van der Waals surface area contributed by atoms with E-state index in [1.165, 1.54) is 37.9 Å². The number of benzene rings is 4. The van der Waals surface area contributed by atoms with Crippen LogP contribution in [0.25, 0.3) is 21.5 Å². The molecule has 1 aliphatic heterocycles. The summed E-state index contributed by atoms with van der Waals surface area (Å²) in [6.07, 6.45) is 0.971. The molecule has 4 aromatic carbocycles. The zero-order chi connectivity index (χ0) is 21.3. The van der Waals surface area contributed by atoms with Gasteiger partial charge in [-0.2, -0.15) is 0 Å². The molecule has 0 spiro atoms. The molecule has 2 aliphatic carbocycles. The Kier molecular flexibility index (Phi) is 2.81. The second-order valence-corrected chi connectivity index (χ2v) is 9.79. The normalized spacial score (nSPS) is 25.5. The largest absolute Gasteiger partial charge is 0.277 e. The van der Waals surface area contributed by atoms with Crippen molar-refractivity contribution in [2.75, 3.05) is 7.05 Å². The average Bonchev–Trinajstić information content (AvgIpc) is 2.78. The van der Waals surface area contributed by atoms with E-state index in [0.717, 1.165) is 17.2 Å². The van der Waals surface area contributed by atoms with Gasteiger partial charge in [0.15, 0.2) is 0 Å². The summed E-state index contributed by atoms with van der Waals surface area (Å²) in [6.45, 7) is 4.67. The molecule has 2 atom stereocenters. The van der Waals surface area contributed by atoms with Crippen LogP contribution < -0.4 is 0 Å². The van der Waals surface area contributed by atoms with Gasteiger partial charge in [0.05, 0.1) is 0 Å². The molecule has 0 radical (unpaired) electrons. The molecular formula is C28H21NO2. The first-order valence-corrected chi connectivity index (χ1v) is 10.8. The first-order valence-electron chi connectivity index (χ1n) is 10.8. The average molecular weight is 403 g/mol. The number of hydrogen-bond donors (Lipinski definition) is 0. The highest BCUT2D eigenvalue weighted by Crippen LogP contribution is 2.60. The Morgan fingerprint density at radius 2 is 1.13 bits per heavy atom. The fraction of sp³-hybridized carbons (Fsp3) is 0.214. The minimum Gasteiger partial charge on any atom is -0.277 e. The Morgan fingerprint density at radius 1 is 0.645 bits per heavy atom.